The van der Waals surface area contributed by atoms with Crippen molar-refractivity contribution in [1.82, 2.24) is 0 Å². The number of benzene rings is 1. The van der Waals surface area contributed by atoms with Gasteiger partial charge in [-0.1, -0.05) is 6.07 Å². The summed E-state index contributed by atoms with van der Waals surface area (Å²) in [6.45, 7) is 2.70. The molecule has 104 valence electrons. The van der Waals surface area contributed by atoms with Crippen molar-refractivity contribution in [3.05, 3.63) is 52.9 Å². The molecule has 20 heavy (non-hydrogen) atoms. The first kappa shape index (κ1) is 12.9. The molecule has 0 unspecified atom stereocenters. The van der Waals surface area contributed by atoms with Crippen LogP contribution >= 0.6 is 11.3 Å². The maximum Gasteiger partial charge on any atom is 0.150 e. The zero-order valence-corrected chi connectivity index (χ0v) is 12.3. The van der Waals surface area contributed by atoms with E-state index >= 15 is 0 Å². The Morgan fingerprint density at radius 1 is 1.35 bits per heavy atom. The highest BCUT2D eigenvalue weighted by atomic mass is 32.1. The maximum absolute atomic E-state index is 5.86. The number of thiophene rings is 1. The predicted molar refractivity (Wildman–Crippen MR) is 84.0 cm³/mol. The number of nitrogens with zero attached hydrogens (tertiary/aromatic N) is 1. The summed E-state index contributed by atoms with van der Waals surface area (Å²) >= 11 is 1.74. The van der Waals surface area contributed by atoms with Crippen molar-refractivity contribution in [2.75, 3.05) is 17.3 Å². The Morgan fingerprint density at radius 2 is 2.20 bits per heavy atom. The summed E-state index contributed by atoms with van der Waals surface area (Å²) in [7, 11) is 2.09. The molecular weight excluding hydrogens is 270 g/mol. The van der Waals surface area contributed by atoms with Crippen LogP contribution < -0.4 is 20.7 Å². The molecule has 0 amide bonds. The fourth-order valence-corrected chi connectivity index (χ4v) is 2.85. The molecule has 0 atom stereocenters. The highest BCUT2D eigenvalue weighted by molar-refractivity contribution is 7.14. The lowest BCUT2D eigenvalue weighted by atomic mass is 10.1. The molecule has 1 aliphatic heterocycles. The highest BCUT2D eigenvalue weighted by Crippen LogP contribution is 2.32. The van der Waals surface area contributed by atoms with E-state index in [4.69, 9.17) is 10.5 Å². The van der Waals surface area contributed by atoms with Gasteiger partial charge in [-0.05, 0) is 42.1 Å². The van der Waals surface area contributed by atoms with E-state index in [1.807, 2.05) is 13.0 Å². The Kier molecular flexibility index (Phi) is 3.28. The fraction of sp³-hybridized carbons (Fsp3) is 0.200. The molecular formula is C15H17N3OS. The fourth-order valence-electron chi connectivity index (χ4n) is 2.15. The first-order chi connectivity index (χ1) is 9.63. The van der Waals surface area contributed by atoms with Crippen molar-refractivity contribution in [3.8, 4) is 5.75 Å². The monoisotopic (exact) mass is 287 g/mol. The van der Waals surface area contributed by atoms with Gasteiger partial charge in [0.2, 0.25) is 0 Å². The van der Waals surface area contributed by atoms with E-state index in [1.54, 1.807) is 11.3 Å². The quantitative estimate of drug-likeness (QED) is 0.909. The standard InChI is InChI=1S/C15H17N3OS/c1-10-15(16)17-12-8-11(5-6-13(12)19-10)9-18(2)14-4-3-7-20-14/h3-8,17H,9,16H2,1-2H3. The van der Waals surface area contributed by atoms with Gasteiger partial charge < -0.3 is 20.7 Å². The zero-order chi connectivity index (χ0) is 14.1. The lowest BCUT2D eigenvalue weighted by molar-refractivity contribution is 0.415. The van der Waals surface area contributed by atoms with E-state index in [9.17, 15) is 0 Å². The third-order valence-corrected chi connectivity index (χ3v) is 4.24. The number of nitrogens with one attached hydrogen (secondary N) is 1. The average Bonchev–Trinajstić information content (AvgIpc) is 2.94. The summed E-state index contributed by atoms with van der Waals surface area (Å²) in [5, 5.41) is 6.51. The third kappa shape index (κ3) is 2.44. The van der Waals surface area contributed by atoms with Gasteiger partial charge in [0.05, 0.1) is 10.7 Å². The topological polar surface area (TPSA) is 50.5 Å². The molecule has 0 radical (unpaired) electrons. The molecule has 2 heterocycles. The molecule has 0 saturated heterocycles. The molecule has 4 nitrogen and oxygen atoms in total. The smallest absolute Gasteiger partial charge is 0.150 e. The Morgan fingerprint density at radius 3 is 2.95 bits per heavy atom. The normalized spacial score (nSPS) is 13.5. The molecule has 1 aliphatic rings. The number of nitrogens with two attached hydrogens (primary N) is 1. The van der Waals surface area contributed by atoms with Gasteiger partial charge in [-0.15, -0.1) is 11.3 Å². The van der Waals surface area contributed by atoms with Crippen LogP contribution in [0.15, 0.2) is 47.3 Å². The minimum Gasteiger partial charge on any atom is -0.456 e. The maximum atomic E-state index is 5.86. The summed E-state index contributed by atoms with van der Waals surface area (Å²) < 4.78 is 5.66. The van der Waals surface area contributed by atoms with Crippen molar-refractivity contribution in [2.45, 2.75) is 13.5 Å². The number of rotatable bonds is 3. The number of anilines is 2. The number of hydrogen-bond donors (Lipinski definition) is 2. The van der Waals surface area contributed by atoms with Crippen molar-refractivity contribution < 1.29 is 4.74 Å². The second kappa shape index (κ2) is 5.09. The van der Waals surface area contributed by atoms with Gasteiger partial charge in [0.15, 0.2) is 5.75 Å². The Hall–Kier alpha value is -2.14. The number of hydrogen-bond acceptors (Lipinski definition) is 5. The van der Waals surface area contributed by atoms with Crippen LogP contribution in [0, 0.1) is 0 Å². The van der Waals surface area contributed by atoms with E-state index in [2.05, 4.69) is 46.9 Å². The molecule has 0 fully saturated rings. The van der Waals surface area contributed by atoms with Crippen LogP contribution in [0.1, 0.15) is 12.5 Å². The Balaban J connectivity index is 1.79. The van der Waals surface area contributed by atoms with Gasteiger partial charge in [-0.2, -0.15) is 0 Å². The molecule has 0 bridgehead atoms. The molecule has 0 spiro atoms. The van der Waals surface area contributed by atoms with Gasteiger partial charge in [0, 0.05) is 13.6 Å². The Labute approximate surface area is 122 Å². The molecule has 0 aliphatic carbocycles. The molecule has 5 heteroatoms. The van der Waals surface area contributed by atoms with E-state index in [-0.39, 0.29) is 0 Å². The lowest BCUT2D eigenvalue weighted by Gasteiger charge is -2.23. The number of ether oxygens (including phenoxy) is 1. The van der Waals surface area contributed by atoms with Gasteiger partial charge in [-0.3, -0.25) is 0 Å². The second-order valence-corrected chi connectivity index (χ2v) is 5.76. The predicted octanol–water partition coefficient (Wildman–Crippen LogP) is 3.34. The van der Waals surface area contributed by atoms with E-state index in [0.29, 0.717) is 11.6 Å². The summed E-state index contributed by atoms with van der Waals surface area (Å²) in [6, 6.07) is 10.3. The van der Waals surface area contributed by atoms with E-state index in [1.165, 1.54) is 10.6 Å². The van der Waals surface area contributed by atoms with Crippen LogP contribution in [0.4, 0.5) is 10.7 Å². The van der Waals surface area contributed by atoms with Crippen LogP contribution in [0.3, 0.4) is 0 Å². The van der Waals surface area contributed by atoms with Gasteiger partial charge in [0.1, 0.15) is 11.6 Å². The molecule has 3 N–H and O–H groups in total. The summed E-state index contributed by atoms with van der Waals surface area (Å²) in [5.41, 5.74) is 7.99. The van der Waals surface area contributed by atoms with Crippen LogP contribution in [-0.4, -0.2) is 7.05 Å². The minimum absolute atomic E-state index is 0.571. The highest BCUT2D eigenvalue weighted by Gasteiger charge is 2.15. The molecule has 0 saturated carbocycles. The van der Waals surface area contributed by atoms with Crippen LogP contribution in [0.25, 0.3) is 0 Å². The summed E-state index contributed by atoms with van der Waals surface area (Å²) in [5.74, 6) is 2.10. The Bertz CT molecular complexity index is 649. The van der Waals surface area contributed by atoms with Crippen LogP contribution in [0.2, 0.25) is 0 Å². The van der Waals surface area contributed by atoms with Crippen LogP contribution in [0.5, 0.6) is 5.75 Å². The van der Waals surface area contributed by atoms with E-state index < -0.39 is 0 Å². The first-order valence-electron chi connectivity index (χ1n) is 6.42. The zero-order valence-electron chi connectivity index (χ0n) is 11.5. The number of allylic oxidation sites excluding steroid dienone is 1. The largest absolute Gasteiger partial charge is 0.456 e. The summed E-state index contributed by atoms with van der Waals surface area (Å²) in [6.07, 6.45) is 0. The van der Waals surface area contributed by atoms with Gasteiger partial charge in [-0.25, -0.2) is 0 Å². The first-order valence-corrected chi connectivity index (χ1v) is 7.30. The molecule has 3 rings (SSSR count). The molecule has 2 aromatic rings. The molecule has 1 aromatic heterocycles. The third-order valence-electron chi connectivity index (χ3n) is 3.26. The average molecular weight is 287 g/mol. The molecule has 1 aromatic carbocycles. The van der Waals surface area contributed by atoms with Crippen molar-refractivity contribution in [3.63, 3.8) is 0 Å². The van der Waals surface area contributed by atoms with Gasteiger partial charge in [0.25, 0.3) is 0 Å². The SMILES string of the molecule is CC1=C(N)Nc2cc(CN(C)c3cccs3)ccc2O1. The lowest BCUT2D eigenvalue weighted by Crippen LogP contribution is -2.20. The second-order valence-electron chi connectivity index (χ2n) is 4.83. The van der Waals surface area contributed by atoms with Crippen molar-refractivity contribution in [2.24, 2.45) is 5.73 Å². The van der Waals surface area contributed by atoms with E-state index in [0.717, 1.165) is 18.0 Å². The van der Waals surface area contributed by atoms with Crippen molar-refractivity contribution in [1.29, 1.82) is 0 Å². The minimum atomic E-state index is 0.571. The summed E-state index contributed by atoms with van der Waals surface area (Å²) in [4.78, 5) is 2.22. The van der Waals surface area contributed by atoms with Crippen LogP contribution in [-0.2, 0) is 6.54 Å². The van der Waals surface area contributed by atoms with Crippen molar-refractivity contribution >= 4 is 22.0 Å². The van der Waals surface area contributed by atoms with Gasteiger partial charge >= 0.3 is 0 Å². The number of fused-ring (bicyclic) bond motifs is 1.